The minimum atomic E-state index is -0.192. The first-order chi connectivity index (χ1) is 13.2. The summed E-state index contributed by atoms with van der Waals surface area (Å²) in [6.07, 6.45) is 6.65. The van der Waals surface area contributed by atoms with Crippen LogP contribution in [-0.2, 0) is 4.74 Å². The number of methoxy groups -OCH3 is 1. The van der Waals surface area contributed by atoms with Crippen LogP contribution in [0.1, 0.15) is 12.1 Å². The number of nitrogens with zero attached hydrogens (tertiary/aromatic N) is 3. The molecule has 0 amide bonds. The van der Waals surface area contributed by atoms with Crippen LogP contribution in [0, 0.1) is 34.5 Å². The highest BCUT2D eigenvalue weighted by atomic mass is 16.5. The summed E-state index contributed by atoms with van der Waals surface area (Å²) in [7, 11) is 1.70. The van der Waals surface area contributed by atoms with Crippen molar-refractivity contribution in [3.8, 4) is 5.69 Å². The molecular weight excluding hydrogens is 342 g/mol. The van der Waals surface area contributed by atoms with Gasteiger partial charge < -0.3 is 4.74 Å². The molecule has 134 valence electrons. The summed E-state index contributed by atoms with van der Waals surface area (Å²) < 4.78 is 10.5. The molecule has 2 spiro atoms. The van der Waals surface area contributed by atoms with Gasteiger partial charge in [0.05, 0.1) is 24.9 Å². The third kappa shape index (κ3) is 0.984. The fourth-order valence-corrected chi connectivity index (χ4v) is 8.21. The summed E-state index contributed by atoms with van der Waals surface area (Å²) in [4.78, 5) is 26.8. The SMILES string of the molecule is COC1=C[C@@]23[C@@H]4[C@@H]5[C@@H]6[C@H]5[C@@H]2n2c(=O)n(-c5ccccc5)c(=O)n2[C@@H]6[C@]43C=C1. The largest absolute Gasteiger partial charge is 0.497 e. The lowest BCUT2D eigenvalue weighted by atomic mass is 9.69. The van der Waals surface area contributed by atoms with Gasteiger partial charge in [-0.2, -0.15) is 0 Å². The van der Waals surface area contributed by atoms with Crippen LogP contribution in [0.5, 0.6) is 0 Å². The van der Waals surface area contributed by atoms with Gasteiger partial charge in [-0.1, -0.05) is 24.3 Å². The van der Waals surface area contributed by atoms with Crippen molar-refractivity contribution in [3.05, 3.63) is 75.3 Å². The van der Waals surface area contributed by atoms with Crippen molar-refractivity contribution in [3.63, 3.8) is 0 Å². The maximum atomic E-state index is 13.4. The van der Waals surface area contributed by atoms with Gasteiger partial charge in [0.25, 0.3) is 0 Å². The number of benzene rings is 1. The normalized spacial score (nSPS) is 47.4. The Balaban J connectivity index is 1.46. The zero-order valence-electron chi connectivity index (χ0n) is 14.6. The molecule has 4 saturated carbocycles. The third-order valence-corrected chi connectivity index (χ3v) is 8.67. The molecule has 1 aromatic carbocycles. The van der Waals surface area contributed by atoms with Gasteiger partial charge in [0.1, 0.15) is 5.76 Å². The van der Waals surface area contributed by atoms with Crippen molar-refractivity contribution in [2.45, 2.75) is 12.1 Å². The molecule has 7 aliphatic rings. The second-order valence-electron chi connectivity index (χ2n) is 8.97. The van der Waals surface area contributed by atoms with Gasteiger partial charge in [0.2, 0.25) is 0 Å². The monoisotopic (exact) mass is 359 g/mol. The molecule has 0 saturated heterocycles. The van der Waals surface area contributed by atoms with Crippen LogP contribution < -0.4 is 11.4 Å². The van der Waals surface area contributed by atoms with Crippen molar-refractivity contribution >= 4 is 0 Å². The number of para-hydroxylation sites is 1. The van der Waals surface area contributed by atoms with E-state index in [4.69, 9.17) is 4.74 Å². The molecular formula is C21H17N3O3. The van der Waals surface area contributed by atoms with Crippen molar-refractivity contribution in [2.75, 3.05) is 7.11 Å². The first-order valence-corrected chi connectivity index (χ1v) is 9.66. The molecule has 6 heteroatoms. The number of ether oxygens (including phenoxy) is 1. The van der Waals surface area contributed by atoms with E-state index in [0.717, 1.165) is 5.76 Å². The summed E-state index contributed by atoms with van der Waals surface area (Å²) in [6.45, 7) is 0. The Kier molecular flexibility index (Phi) is 1.74. The minimum Gasteiger partial charge on any atom is -0.497 e. The summed E-state index contributed by atoms with van der Waals surface area (Å²) in [5, 5.41) is 0. The predicted molar refractivity (Wildman–Crippen MR) is 95.4 cm³/mol. The van der Waals surface area contributed by atoms with Crippen LogP contribution in [-0.4, -0.2) is 21.0 Å². The number of allylic oxidation sites excluding steroid dienone is 3. The molecule has 27 heavy (non-hydrogen) atoms. The number of aromatic nitrogens is 3. The Labute approximate surface area is 154 Å². The maximum absolute atomic E-state index is 13.4. The molecule has 9 rings (SSSR count). The standard InChI is InChI=1S/C21H17N3O3/c1-27-11-7-8-20-15-12-13-14(12)17(21(15,20)9-11)24-19(26)22(10-5-3-2-4-6-10)18(25)23(24)16(13)20/h2-9,12-17H,1H3/t12-,13-,14+,15-,16+,17+,20+,21-/m1/s1. The summed E-state index contributed by atoms with van der Waals surface area (Å²) >= 11 is 0. The highest BCUT2D eigenvalue weighted by Crippen LogP contribution is 3.03. The van der Waals surface area contributed by atoms with E-state index in [-0.39, 0.29) is 34.3 Å². The summed E-state index contributed by atoms with van der Waals surface area (Å²) in [5.41, 5.74) is 0.264. The second kappa shape index (κ2) is 3.51. The molecule has 3 heterocycles. The first kappa shape index (κ1) is 13.4. The van der Waals surface area contributed by atoms with Crippen molar-refractivity contribution < 1.29 is 4.74 Å². The lowest BCUT2D eigenvalue weighted by molar-refractivity contribution is 0.0417. The fraction of sp³-hybridized carbons (Fsp3) is 0.429. The Morgan fingerprint density at radius 3 is 2.26 bits per heavy atom. The Bertz CT molecular complexity index is 1260. The highest BCUT2D eigenvalue weighted by Gasteiger charge is 3.02. The zero-order chi connectivity index (χ0) is 17.9. The zero-order valence-corrected chi connectivity index (χ0v) is 14.6. The Morgan fingerprint density at radius 2 is 1.59 bits per heavy atom. The predicted octanol–water partition coefficient (Wildman–Crippen LogP) is 1.49. The molecule has 4 fully saturated rings. The van der Waals surface area contributed by atoms with Crippen LogP contribution in [0.2, 0.25) is 0 Å². The lowest BCUT2D eigenvalue weighted by Gasteiger charge is -2.47. The Hall–Kier alpha value is -2.76. The topological polar surface area (TPSA) is 58.2 Å². The van der Waals surface area contributed by atoms with Crippen LogP contribution in [0.15, 0.2) is 63.9 Å². The molecule has 8 atom stereocenters. The van der Waals surface area contributed by atoms with Gasteiger partial charge in [-0.3, -0.25) is 0 Å². The molecule has 2 aromatic rings. The van der Waals surface area contributed by atoms with E-state index < -0.39 is 0 Å². The van der Waals surface area contributed by atoms with Gasteiger partial charge in [0, 0.05) is 10.8 Å². The van der Waals surface area contributed by atoms with E-state index in [2.05, 4.69) is 18.2 Å². The lowest BCUT2D eigenvalue weighted by Crippen LogP contribution is -2.52. The molecule has 6 nitrogen and oxygen atoms in total. The molecule has 5 aliphatic carbocycles. The van der Waals surface area contributed by atoms with Crippen LogP contribution in [0.25, 0.3) is 5.69 Å². The minimum absolute atomic E-state index is 0.0168. The average molecular weight is 359 g/mol. The van der Waals surface area contributed by atoms with Crippen LogP contribution in [0.4, 0.5) is 0 Å². The Morgan fingerprint density at radius 1 is 0.926 bits per heavy atom. The number of rotatable bonds is 2. The van der Waals surface area contributed by atoms with Crippen molar-refractivity contribution in [1.29, 1.82) is 0 Å². The second-order valence-corrected chi connectivity index (χ2v) is 8.97. The molecule has 2 bridgehead atoms. The average Bonchev–Trinajstić information content (AvgIpc) is 3.46. The van der Waals surface area contributed by atoms with E-state index >= 15 is 0 Å². The first-order valence-electron chi connectivity index (χ1n) is 9.66. The maximum Gasteiger partial charge on any atom is 0.352 e. The number of hydrogen-bond acceptors (Lipinski definition) is 3. The van der Waals surface area contributed by atoms with Crippen LogP contribution in [0.3, 0.4) is 0 Å². The van der Waals surface area contributed by atoms with Crippen LogP contribution >= 0.6 is 0 Å². The summed E-state index contributed by atoms with van der Waals surface area (Å²) in [6, 6.07) is 9.48. The fourth-order valence-electron chi connectivity index (χ4n) is 8.21. The molecule has 1 aromatic heterocycles. The van der Waals surface area contributed by atoms with E-state index in [0.29, 0.717) is 29.4 Å². The van der Waals surface area contributed by atoms with E-state index in [1.807, 2.05) is 39.7 Å². The highest BCUT2D eigenvalue weighted by molar-refractivity contribution is 5.58. The van der Waals surface area contributed by atoms with Gasteiger partial charge >= 0.3 is 11.4 Å². The quantitative estimate of drug-likeness (QED) is 0.816. The summed E-state index contributed by atoms with van der Waals surface area (Å²) in [5.74, 6) is 3.23. The number of hydrogen-bond donors (Lipinski definition) is 0. The molecule has 0 N–H and O–H groups in total. The van der Waals surface area contributed by atoms with E-state index in [1.54, 1.807) is 7.11 Å². The van der Waals surface area contributed by atoms with E-state index in [1.165, 1.54) is 4.57 Å². The smallest absolute Gasteiger partial charge is 0.352 e. The molecule has 2 aliphatic heterocycles. The molecule has 0 unspecified atom stereocenters. The van der Waals surface area contributed by atoms with Crippen molar-refractivity contribution in [1.82, 2.24) is 13.9 Å². The van der Waals surface area contributed by atoms with Gasteiger partial charge in [-0.05, 0) is 48.0 Å². The molecule has 0 radical (unpaired) electrons. The third-order valence-electron chi connectivity index (χ3n) is 8.67. The van der Waals surface area contributed by atoms with Gasteiger partial charge in [-0.25, -0.2) is 23.5 Å². The van der Waals surface area contributed by atoms with E-state index in [9.17, 15) is 9.59 Å². The van der Waals surface area contributed by atoms with Crippen molar-refractivity contribution in [2.24, 2.45) is 34.5 Å². The van der Waals surface area contributed by atoms with Gasteiger partial charge in [0.15, 0.2) is 0 Å². The van der Waals surface area contributed by atoms with Gasteiger partial charge in [-0.15, -0.1) is 0 Å².